The number of aromatic nitrogens is 3. The fraction of sp³-hybridized carbons (Fsp3) is 0.130. The summed E-state index contributed by atoms with van der Waals surface area (Å²) in [6.45, 7) is 1.90. The van der Waals surface area contributed by atoms with E-state index in [2.05, 4.69) is 10.2 Å². The molecule has 0 saturated carbocycles. The van der Waals surface area contributed by atoms with Gasteiger partial charge in [-0.3, -0.25) is 4.57 Å². The van der Waals surface area contributed by atoms with Crippen molar-refractivity contribution < 1.29 is 17.6 Å². The molecule has 1 aromatic heterocycles. The van der Waals surface area contributed by atoms with E-state index >= 15 is 0 Å². The second kappa shape index (κ2) is 8.55. The predicted molar refractivity (Wildman–Crippen MR) is 112 cm³/mol. The molecule has 3 aromatic carbocycles. The van der Waals surface area contributed by atoms with Crippen LogP contribution in [0.3, 0.4) is 0 Å². The third-order valence-corrected chi connectivity index (χ3v) is 5.76. The molecule has 0 aliphatic rings. The Balaban J connectivity index is 1.78. The lowest BCUT2D eigenvalue weighted by atomic mass is 10.1. The number of aryl methyl sites for hydroxylation is 1. The van der Waals surface area contributed by atoms with Gasteiger partial charge in [-0.1, -0.05) is 60.3 Å². The molecule has 8 heteroatoms. The van der Waals surface area contributed by atoms with E-state index < -0.39 is 17.6 Å². The summed E-state index contributed by atoms with van der Waals surface area (Å²) in [4.78, 5) is 0. The molecule has 0 fully saturated rings. The van der Waals surface area contributed by atoms with Crippen molar-refractivity contribution in [2.75, 3.05) is 0 Å². The van der Waals surface area contributed by atoms with Crippen LogP contribution >= 0.6 is 11.8 Å². The Kier molecular flexibility index (Phi) is 5.82. The Morgan fingerprint density at radius 3 is 2.29 bits per heavy atom. The first kappa shape index (κ1) is 21.1. The number of alkyl halides is 3. The number of benzene rings is 3. The molecule has 0 unspecified atom stereocenters. The summed E-state index contributed by atoms with van der Waals surface area (Å²) in [6, 6.07) is 19.1. The van der Waals surface area contributed by atoms with Crippen LogP contribution in [0.4, 0.5) is 17.6 Å². The number of hydrogen-bond donors (Lipinski definition) is 0. The molecule has 158 valence electrons. The molecule has 3 nitrogen and oxygen atoms in total. The van der Waals surface area contributed by atoms with Crippen molar-refractivity contribution in [1.82, 2.24) is 14.8 Å². The molecule has 0 amide bonds. The fourth-order valence-corrected chi connectivity index (χ4v) is 4.23. The average molecular weight is 443 g/mol. The van der Waals surface area contributed by atoms with Crippen LogP contribution < -0.4 is 0 Å². The Morgan fingerprint density at radius 1 is 0.871 bits per heavy atom. The Labute approximate surface area is 180 Å². The van der Waals surface area contributed by atoms with Crippen LogP contribution in [0.25, 0.3) is 17.1 Å². The minimum Gasteiger partial charge on any atom is -0.270 e. The molecule has 0 bridgehead atoms. The molecule has 0 atom stereocenters. The zero-order chi connectivity index (χ0) is 22.0. The smallest absolute Gasteiger partial charge is 0.270 e. The van der Waals surface area contributed by atoms with Crippen LogP contribution in [0.5, 0.6) is 0 Å². The molecule has 0 saturated heterocycles. The van der Waals surface area contributed by atoms with Gasteiger partial charge in [-0.25, -0.2) is 4.39 Å². The molecule has 1 heterocycles. The first-order chi connectivity index (χ1) is 14.9. The second-order valence-corrected chi connectivity index (χ2v) is 7.79. The third kappa shape index (κ3) is 4.34. The number of halogens is 4. The maximum atomic E-state index is 14.5. The SMILES string of the molecule is Cc1ccccc1-n1c(SCc2ccccc2C(F)(F)F)nnc1-c1ccccc1F. The first-order valence-corrected chi connectivity index (χ1v) is 10.4. The van der Waals surface area contributed by atoms with Crippen LogP contribution in [-0.4, -0.2) is 14.8 Å². The van der Waals surface area contributed by atoms with Gasteiger partial charge in [-0.15, -0.1) is 10.2 Å². The normalized spacial score (nSPS) is 11.6. The molecule has 31 heavy (non-hydrogen) atoms. The molecule has 0 radical (unpaired) electrons. The first-order valence-electron chi connectivity index (χ1n) is 9.40. The summed E-state index contributed by atoms with van der Waals surface area (Å²) in [7, 11) is 0. The minimum atomic E-state index is -4.45. The van der Waals surface area contributed by atoms with E-state index in [4.69, 9.17) is 0 Å². The van der Waals surface area contributed by atoms with Gasteiger partial charge in [-0.05, 0) is 42.3 Å². The van der Waals surface area contributed by atoms with E-state index in [0.29, 0.717) is 11.0 Å². The van der Waals surface area contributed by atoms with Gasteiger partial charge >= 0.3 is 6.18 Å². The molecule has 0 aliphatic heterocycles. The minimum absolute atomic E-state index is 0.0387. The van der Waals surface area contributed by atoms with Gasteiger partial charge in [0.15, 0.2) is 11.0 Å². The van der Waals surface area contributed by atoms with E-state index in [-0.39, 0.29) is 16.9 Å². The van der Waals surface area contributed by atoms with Crippen molar-refractivity contribution in [1.29, 1.82) is 0 Å². The van der Waals surface area contributed by atoms with E-state index in [1.165, 1.54) is 18.2 Å². The third-order valence-electron chi connectivity index (χ3n) is 4.78. The molecule has 0 aliphatic carbocycles. The van der Waals surface area contributed by atoms with Crippen molar-refractivity contribution in [3.05, 3.63) is 95.3 Å². The van der Waals surface area contributed by atoms with Crippen molar-refractivity contribution in [3.8, 4) is 17.1 Å². The van der Waals surface area contributed by atoms with Gasteiger partial charge in [0.2, 0.25) is 0 Å². The summed E-state index contributed by atoms with van der Waals surface area (Å²) in [5.74, 6) is -0.125. The number of para-hydroxylation sites is 1. The maximum absolute atomic E-state index is 14.5. The van der Waals surface area contributed by atoms with Crippen LogP contribution in [0.15, 0.2) is 78.0 Å². The Morgan fingerprint density at radius 2 is 1.55 bits per heavy atom. The largest absolute Gasteiger partial charge is 0.416 e. The van der Waals surface area contributed by atoms with Crippen LogP contribution in [0.1, 0.15) is 16.7 Å². The van der Waals surface area contributed by atoms with Crippen LogP contribution in [0.2, 0.25) is 0 Å². The van der Waals surface area contributed by atoms with Crippen molar-refractivity contribution in [2.24, 2.45) is 0 Å². The summed E-state index contributed by atoms with van der Waals surface area (Å²) in [5.41, 5.74) is 1.36. The highest BCUT2D eigenvalue weighted by Crippen LogP contribution is 2.36. The zero-order valence-electron chi connectivity index (χ0n) is 16.4. The van der Waals surface area contributed by atoms with Crippen LogP contribution in [0, 0.1) is 12.7 Å². The summed E-state index contributed by atoms with van der Waals surface area (Å²) >= 11 is 1.12. The Hall–Kier alpha value is -3.13. The monoisotopic (exact) mass is 443 g/mol. The molecule has 4 aromatic rings. The highest BCUT2D eigenvalue weighted by atomic mass is 32.2. The quantitative estimate of drug-likeness (QED) is 0.254. The highest BCUT2D eigenvalue weighted by molar-refractivity contribution is 7.98. The van der Waals surface area contributed by atoms with E-state index in [9.17, 15) is 17.6 Å². The summed E-state index contributed by atoms with van der Waals surface area (Å²) in [5, 5.41) is 8.74. The molecule has 4 rings (SSSR count). The Bertz CT molecular complexity index is 1220. The molecular weight excluding hydrogens is 426 g/mol. The molecule has 0 N–H and O–H groups in total. The highest BCUT2D eigenvalue weighted by Gasteiger charge is 2.33. The van der Waals surface area contributed by atoms with Gasteiger partial charge in [0.25, 0.3) is 0 Å². The van der Waals surface area contributed by atoms with Gasteiger partial charge in [-0.2, -0.15) is 13.2 Å². The second-order valence-electron chi connectivity index (χ2n) is 6.85. The standard InChI is InChI=1S/C23H17F4N3S/c1-15-8-2-7-13-20(15)30-21(17-10-4-6-12-19(17)24)28-29-22(30)31-14-16-9-3-5-11-18(16)23(25,26)27/h2-13H,14H2,1H3. The molecular formula is C23H17F4N3S. The topological polar surface area (TPSA) is 30.7 Å². The van der Waals surface area contributed by atoms with Gasteiger partial charge < -0.3 is 0 Å². The van der Waals surface area contributed by atoms with Crippen molar-refractivity contribution in [3.63, 3.8) is 0 Å². The number of nitrogens with zero attached hydrogens (tertiary/aromatic N) is 3. The summed E-state index contributed by atoms with van der Waals surface area (Å²) in [6.07, 6.45) is -4.45. The number of thioether (sulfide) groups is 1. The van der Waals surface area contributed by atoms with Crippen molar-refractivity contribution >= 4 is 11.8 Å². The van der Waals surface area contributed by atoms with Gasteiger partial charge in [0.05, 0.1) is 16.8 Å². The van der Waals surface area contributed by atoms with Crippen molar-refractivity contribution in [2.45, 2.75) is 24.0 Å². The van der Waals surface area contributed by atoms with Crippen LogP contribution in [-0.2, 0) is 11.9 Å². The zero-order valence-corrected chi connectivity index (χ0v) is 17.2. The lowest BCUT2D eigenvalue weighted by molar-refractivity contribution is -0.138. The lowest BCUT2D eigenvalue weighted by Gasteiger charge is -2.14. The van der Waals surface area contributed by atoms with E-state index in [1.807, 2.05) is 31.2 Å². The lowest BCUT2D eigenvalue weighted by Crippen LogP contribution is -2.08. The summed E-state index contributed by atoms with van der Waals surface area (Å²) < 4.78 is 56.3. The number of rotatable bonds is 5. The van der Waals surface area contributed by atoms with Gasteiger partial charge in [0, 0.05) is 5.75 Å². The van der Waals surface area contributed by atoms with E-state index in [0.717, 1.165) is 29.1 Å². The number of hydrogen-bond acceptors (Lipinski definition) is 3. The van der Waals surface area contributed by atoms with Gasteiger partial charge in [0.1, 0.15) is 5.82 Å². The average Bonchev–Trinajstić information content (AvgIpc) is 3.16. The maximum Gasteiger partial charge on any atom is 0.416 e. The van der Waals surface area contributed by atoms with E-state index in [1.54, 1.807) is 28.8 Å². The predicted octanol–water partition coefficient (Wildman–Crippen LogP) is 6.69. The molecule has 0 spiro atoms. The fourth-order valence-electron chi connectivity index (χ4n) is 3.28.